The third-order valence-electron chi connectivity index (χ3n) is 2.26. The lowest BCUT2D eigenvalue weighted by molar-refractivity contribution is -0.185. The zero-order valence-corrected chi connectivity index (χ0v) is 10.1. The fraction of sp³-hybridized carbons (Fsp3) is 1.00. The van der Waals surface area contributed by atoms with Crippen LogP contribution in [0.1, 0.15) is 34.6 Å². The van der Waals surface area contributed by atoms with Gasteiger partial charge in [0.05, 0.1) is 6.10 Å². The molecule has 0 bridgehead atoms. The van der Waals surface area contributed by atoms with E-state index in [2.05, 4.69) is 13.8 Å². The molecular weight excluding hydrogens is 180 g/mol. The number of ether oxygens (including phenoxy) is 3. The van der Waals surface area contributed by atoms with Crippen LogP contribution in [0.3, 0.4) is 0 Å². The molecule has 0 amide bonds. The average molecular weight is 204 g/mol. The van der Waals surface area contributed by atoms with Crippen LogP contribution in [-0.2, 0) is 14.2 Å². The Morgan fingerprint density at radius 2 is 1.21 bits per heavy atom. The van der Waals surface area contributed by atoms with E-state index >= 15 is 0 Å². The Kier molecular flexibility index (Phi) is 8.14. The maximum absolute atomic E-state index is 5.52. The highest BCUT2D eigenvalue weighted by molar-refractivity contribution is 4.65. The van der Waals surface area contributed by atoms with Gasteiger partial charge in [0.2, 0.25) is 0 Å². The zero-order valence-electron chi connectivity index (χ0n) is 10.1. The molecule has 86 valence electrons. The van der Waals surface area contributed by atoms with Crippen molar-refractivity contribution in [2.24, 2.45) is 5.92 Å². The molecule has 0 aliphatic carbocycles. The van der Waals surface area contributed by atoms with Gasteiger partial charge in [0.15, 0.2) is 6.29 Å². The molecule has 0 saturated carbocycles. The van der Waals surface area contributed by atoms with Crippen molar-refractivity contribution in [2.45, 2.75) is 47.0 Å². The van der Waals surface area contributed by atoms with E-state index in [1.54, 1.807) is 0 Å². The molecule has 0 saturated heterocycles. The summed E-state index contributed by atoms with van der Waals surface area (Å²) in [4.78, 5) is 0. The summed E-state index contributed by atoms with van der Waals surface area (Å²) in [6.45, 7) is 12.2. The molecule has 0 aromatic heterocycles. The molecule has 14 heavy (non-hydrogen) atoms. The molecule has 0 fully saturated rings. The topological polar surface area (TPSA) is 27.7 Å². The highest BCUT2D eigenvalue weighted by Gasteiger charge is 2.23. The average Bonchev–Trinajstić information content (AvgIpc) is 2.17. The molecule has 2 atom stereocenters. The van der Waals surface area contributed by atoms with Crippen molar-refractivity contribution < 1.29 is 14.2 Å². The van der Waals surface area contributed by atoms with E-state index in [4.69, 9.17) is 14.2 Å². The van der Waals surface area contributed by atoms with Crippen LogP contribution in [0.25, 0.3) is 0 Å². The van der Waals surface area contributed by atoms with Crippen LogP contribution in [0, 0.1) is 5.92 Å². The first kappa shape index (κ1) is 13.9. The largest absolute Gasteiger partial charge is 0.378 e. The Morgan fingerprint density at radius 1 is 0.786 bits per heavy atom. The first-order chi connectivity index (χ1) is 6.67. The SMILES string of the molecule is CCOC(C)C(C)C(OCC)OCC. The highest BCUT2D eigenvalue weighted by Crippen LogP contribution is 2.16. The van der Waals surface area contributed by atoms with Crippen LogP contribution in [0.4, 0.5) is 0 Å². The van der Waals surface area contributed by atoms with Gasteiger partial charge in [-0.25, -0.2) is 0 Å². The summed E-state index contributed by atoms with van der Waals surface area (Å²) >= 11 is 0. The van der Waals surface area contributed by atoms with E-state index in [0.717, 1.165) is 6.61 Å². The molecule has 0 spiro atoms. The van der Waals surface area contributed by atoms with E-state index < -0.39 is 0 Å². The molecule has 3 heteroatoms. The van der Waals surface area contributed by atoms with E-state index in [0.29, 0.717) is 13.2 Å². The predicted molar refractivity (Wildman–Crippen MR) is 57.3 cm³/mol. The molecule has 2 unspecified atom stereocenters. The van der Waals surface area contributed by atoms with Gasteiger partial charge < -0.3 is 14.2 Å². The van der Waals surface area contributed by atoms with Crippen molar-refractivity contribution in [2.75, 3.05) is 19.8 Å². The van der Waals surface area contributed by atoms with Gasteiger partial charge in [-0.05, 0) is 27.7 Å². The second-order valence-electron chi connectivity index (χ2n) is 3.30. The molecule has 0 radical (unpaired) electrons. The van der Waals surface area contributed by atoms with Gasteiger partial charge >= 0.3 is 0 Å². The van der Waals surface area contributed by atoms with Gasteiger partial charge in [0.1, 0.15) is 0 Å². The zero-order chi connectivity index (χ0) is 11.0. The first-order valence-electron chi connectivity index (χ1n) is 5.52. The Hall–Kier alpha value is -0.120. The lowest BCUT2D eigenvalue weighted by atomic mass is 10.1. The van der Waals surface area contributed by atoms with Gasteiger partial charge in [-0.15, -0.1) is 0 Å². The minimum atomic E-state index is -0.147. The maximum atomic E-state index is 5.52. The van der Waals surface area contributed by atoms with Crippen molar-refractivity contribution >= 4 is 0 Å². The van der Waals surface area contributed by atoms with E-state index in [9.17, 15) is 0 Å². The fourth-order valence-electron chi connectivity index (χ4n) is 1.32. The third-order valence-corrected chi connectivity index (χ3v) is 2.26. The summed E-state index contributed by atoms with van der Waals surface area (Å²) in [6.07, 6.45) is 0.0228. The van der Waals surface area contributed by atoms with E-state index in [1.165, 1.54) is 0 Å². The molecule has 0 aromatic carbocycles. The van der Waals surface area contributed by atoms with Gasteiger partial charge in [0.25, 0.3) is 0 Å². The van der Waals surface area contributed by atoms with Crippen LogP contribution in [0.2, 0.25) is 0 Å². The summed E-state index contributed by atoms with van der Waals surface area (Å²) in [7, 11) is 0. The molecule has 0 aliphatic heterocycles. The van der Waals surface area contributed by atoms with Crippen molar-refractivity contribution in [3.05, 3.63) is 0 Å². The second kappa shape index (κ2) is 8.21. The van der Waals surface area contributed by atoms with E-state index in [1.807, 2.05) is 20.8 Å². The predicted octanol–water partition coefficient (Wildman–Crippen LogP) is 2.45. The Morgan fingerprint density at radius 3 is 1.57 bits per heavy atom. The van der Waals surface area contributed by atoms with Crippen LogP contribution in [-0.4, -0.2) is 32.2 Å². The van der Waals surface area contributed by atoms with Crippen molar-refractivity contribution in [3.8, 4) is 0 Å². The Balaban J connectivity index is 4.03. The summed E-state index contributed by atoms with van der Waals surface area (Å²) in [5.74, 6) is 0.259. The minimum Gasteiger partial charge on any atom is -0.378 e. The lowest BCUT2D eigenvalue weighted by Gasteiger charge is -2.28. The minimum absolute atomic E-state index is 0.147. The molecular formula is C11H24O3. The van der Waals surface area contributed by atoms with Gasteiger partial charge in [-0.2, -0.15) is 0 Å². The quantitative estimate of drug-likeness (QED) is 0.568. The molecule has 0 aromatic rings. The van der Waals surface area contributed by atoms with E-state index in [-0.39, 0.29) is 18.3 Å². The smallest absolute Gasteiger partial charge is 0.162 e. The third kappa shape index (κ3) is 4.94. The fourth-order valence-corrected chi connectivity index (χ4v) is 1.32. The molecule has 0 heterocycles. The van der Waals surface area contributed by atoms with Gasteiger partial charge in [0, 0.05) is 25.7 Å². The summed E-state index contributed by atoms with van der Waals surface area (Å²) in [5.41, 5.74) is 0. The Labute approximate surface area is 87.7 Å². The van der Waals surface area contributed by atoms with Gasteiger partial charge in [-0.1, -0.05) is 6.92 Å². The van der Waals surface area contributed by atoms with Crippen molar-refractivity contribution in [3.63, 3.8) is 0 Å². The second-order valence-corrected chi connectivity index (χ2v) is 3.30. The molecule has 0 N–H and O–H groups in total. The first-order valence-corrected chi connectivity index (χ1v) is 5.52. The lowest BCUT2D eigenvalue weighted by Crippen LogP contribution is -2.34. The summed E-state index contributed by atoms with van der Waals surface area (Å²) in [5, 5.41) is 0. The summed E-state index contributed by atoms with van der Waals surface area (Å²) in [6, 6.07) is 0. The summed E-state index contributed by atoms with van der Waals surface area (Å²) < 4.78 is 16.5. The monoisotopic (exact) mass is 204 g/mol. The maximum Gasteiger partial charge on any atom is 0.162 e. The van der Waals surface area contributed by atoms with Crippen molar-refractivity contribution in [1.82, 2.24) is 0 Å². The van der Waals surface area contributed by atoms with Crippen LogP contribution in [0.15, 0.2) is 0 Å². The normalized spacial score (nSPS) is 15.9. The molecule has 3 nitrogen and oxygen atoms in total. The molecule has 0 aliphatic rings. The van der Waals surface area contributed by atoms with Gasteiger partial charge in [-0.3, -0.25) is 0 Å². The number of hydrogen-bond acceptors (Lipinski definition) is 3. The highest BCUT2D eigenvalue weighted by atomic mass is 16.7. The number of hydrogen-bond donors (Lipinski definition) is 0. The van der Waals surface area contributed by atoms with Crippen LogP contribution >= 0.6 is 0 Å². The Bertz CT molecular complexity index is 122. The molecule has 0 rings (SSSR count). The van der Waals surface area contributed by atoms with Crippen molar-refractivity contribution in [1.29, 1.82) is 0 Å². The van der Waals surface area contributed by atoms with Crippen LogP contribution in [0.5, 0.6) is 0 Å². The standard InChI is InChI=1S/C11H24O3/c1-6-12-10(5)9(4)11(13-7-2)14-8-3/h9-11H,6-8H2,1-5H3. The number of rotatable bonds is 8. The van der Waals surface area contributed by atoms with Crippen LogP contribution < -0.4 is 0 Å².